The van der Waals surface area contributed by atoms with Crippen LogP contribution in [0.2, 0.25) is 0 Å². The first kappa shape index (κ1) is 20.1. The molecular formula is C17H15B3FN7O2. The van der Waals surface area contributed by atoms with Crippen LogP contribution in [0.15, 0.2) is 30.6 Å². The quantitative estimate of drug-likeness (QED) is 0.488. The van der Waals surface area contributed by atoms with Crippen LogP contribution in [-0.4, -0.2) is 73.6 Å². The van der Waals surface area contributed by atoms with E-state index in [1.807, 2.05) is 0 Å². The summed E-state index contributed by atoms with van der Waals surface area (Å²) in [7, 11) is 18.5. The van der Waals surface area contributed by atoms with Gasteiger partial charge in [-0.25, -0.2) is 14.4 Å². The first-order valence-corrected chi connectivity index (χ1v) is 9.00. The van der Waals surface area contributed by atoms with Gasteiger partial charge in [0.2, 0.25) is 5.88 Å². The molecule has 6 radical (unpaired) electrons. The third-order valence-electron chi connectivity index (χ3n) is 4.32. The van der Waals surface area contributed by atoms with Gasteiger partial charge in [-0.05, 0) is 12.1 Å². The molecular weight excluding hydrogens is 386 g/mol. The predicted molar refractivity (Wildman–Crippen MR) is 111 cm³/mol. The third-order valence-corrected chi connectivity index (χ3v) is 4.32. The number of hydrogen-bond donors (Lipinski definition) is 3. The topological polar surface area (TPSA) is 105 Å². The van der Waals surface area contributed by atoms with E-state index in [4.69, 9.17) is 28.3 Å². The van der Waals surface area contributed by atoms with Crippen LogP contribution in [-0.2, 0) is 0 Å². The summed E-state index contributed by atoms with van der Waals surface area (Å²) in [4.78, 5) is 21.1. The van der Waals surface area contributed by atoms with Gasteiger partial charge in [-0.15, -0.1) is 0 Å². The minimum Gasteiger partial charge on any atom is -0.480 e. The van der Waals surface area contributed by atoms with E-state index in [1.165, 1.54) is 17.8 Å². The van der Waals surface area contributed by atoms with Gasteiger partial charge in [0, 0.05) is 18.7 Å². The van der Waals surface area contributed by atoms with Crippen LogP contribution >= 0.6 is 0 Å². The van der Waals surface area contributed by atoms with E-state index in [1.54, 1.807) is 24.4 Å². The van der Waals surface area contributed by atoms with Crippen molar-refractivity contribution in [3.8, 4) is 5.88 Å². The maximum absolute atomic E-state index is 13.2. The van der Waals surface area contributed by atoms with Gasteiger partial charge >= 0.3 is 0 Å². The molecule has 2 atom stereocenters. The molecule has 1 saturated carbocycles. The van der Waals surface area contributed by atoms with E-state index < -0.39 is 23.4 Å². The van der Waals surface area contributed by atoms with Crippen molar-refractivity contribution < 1.29 is 13.9 Å². The van der Waals surface area contributed by atoms with Crippen molar-refractivity contribution in [2.45, 2.75) is 23.9 Å². The van der Waals surface area contributed by atoms with Crippen molar-refractivity contribution in [3.05, 3.63) is 36.2 Å². The Hall–Kier alpha value is -3.24. The fraction of sp³-hybridized carbons (Fsp3) is 0.294. The lowest BCUT2D eigenvalue weighted by Crippen LogP contribution is -2.40. The molecule has 3 heterocycles. The first-order valence-electron chi connectivity index (χ1n) is 9.00. The molecule has 1 amide bonds. The van der Waals surface area contributed by atoms with Gasteiger partial charge < -0.3 is 20.7 Å². The number of fused-ring (bicyclic) bond motifs is 1. The second-order valence-corrected chi connectivity index (χ2v) is 6.90. The lowest BCUT2D eigenvalue weighted by molar-refractivity contribution is 0.0949. The zero-order valence-corrected chi connectivity index (χ0v) is 16.0. The molecule has 9 nitrogen and oxygen atoms in total. The molecule has 146 valence electrons. The van der Waals surface area contributed by atoms with E-state index in [9.17, 15) is 9.18 Å². The van der Waals surface area contributed by atoms with Crippen LogP contribution in [0, 0.1) is 0 Å². The molecule has 1 fully saturated rings. The number of alkyl halides is 1. The lowest BCUT2D eigenvalue weighted by atomic mass is 9.49. The van der Waals surface area contributed by atoms with Gasteiger partial charge in [-0.3, -0.25) is 4.79 Å². The normalized spacial score (nSPS) is 18.1. The summed E-state index contributed by atoms with van der Waals surface area (Å²) >= 11 is 0. The highest BCUT2D eigenvalue weighted by molar-refractivity contribution is 6.60. The van der Waals surface area contributed by atoms with Crippen LogP contribution in [0.5, 0.6) is 5.88 Å². The molecule has 13 heteroatoms. The van der Waals surface area contributed by atoms with Gasteiger partial charge in [0.1, 0.15) is 29.1 Å². The molecule has 2 unspecified atom stereocenters. The Bertz CT molecular complexity index is 1100. The van der Waals surface area contributed by atoms with E-state index in [0.717, 1.165) is 0 Å². The van der Waals surface area contributed by atoms with Crippen molar-refractivity contribution in [1.82, 2.24) is 24.9 Å². The summed E-state index contributed by atoms with van der Waals surface area (Å²) in [5.74, 6) is 0.425. The number of methoxy groups -OCH3 is 1. The molecule has 3 aromatic rings. The summed E-state index contributed by atoms with van der Waals surface area (Å²) in [6.07, 6.45) is 2.14. The largest absolute Gasteiger partial charge is 0.480 e. The average molecular weight is 401 g/mol. The fourth-order valence-electron chi connectivity index (χ4n) is 2.84. The van der Waals surface area contributed by atoms with Gasteiger partial charge in [0.05, 0.1) is 42.9 Å². The minimum atomic E-state index is -1.76. The Labute approximate surface area is 175 Å². The summed E-state index contributed by atoms with van der Waals surface area (Å²) < 4.78 is 19.7. The van der Waals surface area contributed by atoms with Gasteiger partial charge in [-0.1, -0.05) is 5.24 Å². The number of amides is 1. The Kier molecular flexibility index (Phi) is 5.04. The Balaban J connectivity index is 1.75. The molecule has 1 aliphatic rings. The number of nitrogens with zero attached hydrogens (tertiary/aromatic N) is 4. The minimum absolute atomic E-state index is 0.149. The number of rotatable bonds is 7. The van der Waals surface area contributed by atoms with Crippen molar-refractivity contribution in [2.24, 2.45) is 0 Å². The Morgan fingerprint density at radius 3 is 2.83 bits per heavy atom. The second kappa shape index (κ2) is 7.54. The van der Waals surface area contributed by atoms with Crippen LogP contribution in [0.4, 0.5) is 21.7 Å². The van der Waals surface area contributed by atoms with Crippen molar-refractivity contribution in [3.63, 3.8) is 0 Å². The monoisotopic (exact) mass is 401 g/mol. The molecule has 3 aromatic heterocycles. The highest BCUT2D eigenvalue weighted by atomic mass is 19.1. The van der Waals surface area contributed by atoms with Crippen LogP contribution in [0.3, 0.4) is 0 Å². The van der Waals surface area contributed by atoms with E-state index in [2.05, 4.69) is 31.0 Å². The number of hydrogen-bond acceptors (Lipinski definition) is 7. The molecule has 0 aliphatic heterocycles. The molecule has 1 aliphatic carbocycles. The number of aromatic nitrogens is 4. The fourth-order valence-corrected chi connectivity index (χ4v) is 2.84. The molecule has 30 heavy (non-hydrogen) atoms. The second-order valence-electron chi connectivity index (χ2n) is 6.90. The zero-order valence-electron chi connectivity index (χ0n) is 16.0. The van der Waals surface area contributed by atoms with E-state index in [-0.39, 0.29) is 23.4 Å². The standard InChI is InChI=1S/C17H15B3FN7O2/c1-30-16-10(3-2-4-22-16)24-12-6-13(27-17(18,19)20)28-14(26-12)8(7-23-28)15(29)25-11-5-9(11)21/h2-4,6-7,9,11,27H,5H2,1H3,(H,24,26)(H,25,29). The van der Waals surface area contributed by atoms with E-state index in [0.29, 0.717) is 17.4 Å². The molecule has 0 aromatic carbocycles. The molecule has 0 bridgehead atoms. The Morgan fingerprint density at radius 2 is 2.17 bits per heavy atom. The van der Waals surface area contributed by atoms with Crippen LogP contribution in [0.1, 0.15) is 16.8 Å². The summed E-state index contributed by atoms with van der Waals surface area (Å²) in [5.41, 5.74) is 0.866. The zero-order chi connectivity index (χ0) is 21.5. The summed E-state index contributed by atoms with van der Waals surface area (Å²) in [5, 5.41) is 10.8. The molecule has 0 saturated heterocycles. The van der Waals surface area contributed by atoms with Crippen LogP contribution < -0.4 is 20.7 Å². The maximum Gasteiger partial charge on any atom is 0.257 e. The van der Waals surface area contributed by atoms with Gasteiger partial charge in [-0.2, -0.15) is 9.61 Å². The number of carbonyl (C=O) groups excluding carboxylic acids is 1. The number of nitrogens with one attached hydrogen (secondary N) is 3. The summed E-state index contributed by atoms with van der Waals surface area (Å²) in [6, 6.07) is 4.50. The van der Waals surface area contributed by atoms with Gasteiger partial charge in [0.25, 0.3) is 5.91 Å². The van der Waals surface area contributed by atoms with E-state index >= 15 is 0 Å². The predicted octanol–water partition coefficient (Wildman–Crippen LogP) is 0.245. The van der Waals surface area contributed by atoms with Crippen molar-refractivity contribution >= 4 is 52.4 Å². The Morgan fingerprint density at radius 1 is 1.40 bits per heavy atom. The van der Waals surface area contributed by atoms with Gasteiger partial charge in [0.15, 0.2) is 5.65 Å². The smallest absolute Gasteiger partial charge is 0.257 e. The summed E-state index contributed by atoms with van der Waals surface area (Å²) in [6.45, 7) is 0. The highest BCUT2D eigenvalue weighted by Gasteiger charge is 2.39. The number of carbonyl (C=O) groups is 1. The highest BCUT2D eigenvalue weighted by Crippen LogP contribution is 2.28. The lowest BCUT2D eigenvalue weighted by Gasteiger charge is -2.24. The van der Waals surface area contributed by atoms with Crippen molar-refractivity contribution in [2.75, 3.05) is 17.7 Å². The number of pyridine rings is 1. The molecule has 0 spiro atoms. The number of ether oxygens (including phenoxy) is 1. The van der Waals surface area contributed by atoms with Crippen molar-refractivity contribution in [1.29, 1.82) is 0 Å². The first-order chi connectivity index (χ1) is 14.2. The van der Waals surface area contributed by atoms with Crippen LogP contribution in [0.25, 0.3) is 5.65 Å². The number of halogens is 1. The third kappa shape index (κ3) is 4.19. The number of anilines is 3. The maximum atomic E-state index is 13.2. The SMILES string of the molecule is [B]C([B])([B])Nc1cc(Nc2cccnc2OC)nc2c(C(=O)NC3CC3F)cnn12. The average Bonchev–Trinajstić information content (AvgIpc) is 3.19. The molecule has 3 N–H and O–H groups in total. The molecule has 4 rings (SSSR count).